The zero-order valence-corrected chi connectivity index (χ0v) is 13.8. The van der Waals surface area contributed by atoms with E-state index in [2.05, 4.69) is 15.4 Å². The van der Waals surface area contributed by atoms with E-state index in [-0.39, 0.29) is 0 Å². The highest BCUT2D eigenvalue weighted by molar-refractivity contribution is 7.98. The lowest BCUT2D eigenvalue weighted by Crippen LogP contribution is -2.31. The molecule has 0 saturated carbocycles. The van der Waals surface area contributed by atoms with E-state index in [4.69, 9.17) is 10.5 Å². The van der Waals surface area contributed by atoms with Crippen LogP contribution in [0.3, 0.4) is 0 Å². The molecule has 1 aliphatic rings. The molecule has 7 nitrogen and oxygen atoms in total. The number of thioether (sulfide) groups is 1. The summed E-state index contributed by atoms with van der Waals surface area (Å²) in [6, 6.07) is 7.07. The number of aromatic nitrogens is 3. The highest BCUT2D eigenvalue weighted by Crippen LogP contribution is 2.36. The molecular weight excluding hydrogens is 314 g/mol. The molecule has 0 fully saturated rings. The van der Waals surface area contributed by atoms with Gasteiger partial charge in [0.25, 0.3) is 0 Å². The Balaban J connectivity index is 2.20. The number of hydrogen-bond donors (Lipinski definition) is 2. The first-order chi connectivity index (χ1) is 11.0. The van der Waals surface area contributed by atoms with Gasteiger partial charge in [0.15, 0.2) is 0 Å². The van der Waals surface area contributed by atoms with Crippen molar-refractivity contribution in [1.29, 1.82) is 0 Å². The lowest BCUT2D eigenvalue weighted by atomic mass is 9.95. The largest absolute Gasteiger partial charge is 0.497 e. The van der Waals surface area contributed by atoms with Crippen LogP contribution in [0.5, 0.6) is 5.75 Å². The van der Waals surface area contributed by atoms with Crippen molar-refractivity contribution in [3.63, 3.8) is 0 Å². The van der Waals surface area contributed by atoms with Gasteiger partial charge in [-0.25, -0.2) is 4.68 Å². The molecule has 0 saturated heterocycles. The molecule has 1 aromatic heterocycles. The Morgan fingerprint density at radius 3 is 2.91 bits per heavy atom. The molecule has 0 aliphatic carbocycles. The number of amides is 1. The van der Waals surface area contributed by atoms with Crippen LogP contribution in [-0.4, -0.2) is 34.0 Å². The Morgan fingerprint density at radius 2 is 2.26 bits per heavy atom. The molecule has 1 amide bonds. The summed E-state index contributed by atoms with van der Waals surface area (Å²) >= 11 is 1.44. The van der Waals surface area contributed by atoms with Crippen molar-refractivity contribution in [3.05, 3.63) is 41.1 Å². The number of nitrogens with two attached hydrogens (primary N) is 1. The van der Waals surface area contributed by atoms with Gasteiger partial charge in [-0.05, 0) is 30.9 Å². The molecule has 120 valence electrons. The normalized spacial score (nSPS) is 16.7. The molecule has 3 N–H and O–H groups in total. The van der Waals surface area contributed by atoms with Crippen LogP contribution in [0.2, 0.25) is 0 Å². The number of methoxy groups -OCH3 is 1. The highest BCUT2D eigenvalue weighted by Gasteiger charge is 2.33. The number of hydrogen-bond acceptors (Lipinski definition) is 6. The van der Waals surface area contributed by atoms with E-state index >= 15 is 0 Å². The Bertz CT molecular complexity index is 799. The minimum Gasteiger partial charge on any atom is -0.497 e. The lowest BCUT2D eigenvalue weighted by molar-refractivity contribution is -0.115. The van der Waals surface area contributed by atoms with Crippen molar-refractivity contribution >= 4 is 23.6 Å². The van der Waals surface area contributed by atoms with Crippen LogP contribution < -0.4 is 15.8 Å². The maximum absolute atomic E-state index is 12.0. The number of ether oxygens (including phenoxy) is 1. The standard InChI is InChI=1S/C15H17N5O2S/c1-8-11(13(16)21)12(9-5-4-6-10(7-9)22-2)20-14(17-8)18-15(19-20)23-3/h4-7,12H,1-3H3,(H2,16,21)(H,17,18,19). The average molecular weight is 331 g/mol. The molecule has 0 radical (unpaired) electrons. The van der Waals surface area contributed by atoms with Gasteiger partial charge in [0.2, 0.25) is 17.0 Å². The van der Waals surface area contributed by atoms with Crippen LogP contribution in [-0.2, 0) is 4.79 Å². The van der Waals surface area contributed by atoms with Gasteiger partial charge in [0, 0.05) is 5.70 Å². The van der Waals surface area contributed by atoms with E-state index in [9.17, 15) is 4.79 Å². The minimum absolute atomic E-state index is 0.438. The summed E-state index contributed by atoms with van der Waals surface area (Å²) in [6.45, 7) is 1.81. The molecule has 1 unspecified atom stereocenters. The van der Waals surface area contributed by atoms with E-state index < -0.39 is 11.9 Å². The predicted octanol–water partition coefficient (Wildman–Crippen LogP) is 1.78. The first kappa shape index (κ1) is 15.4. The van der Waals surface area contributed by atoms with Crippen LogP contribution in [0, 0.1) is 0 Å². The molecule has 0 bridgehead atoms. The molecule has 1 aliphatic heterocycles. The number of nitrogens with zero attached hydrogens (tertiary/aromatic N) is 3. The summed E-state index contributed by atoms with van der Waals surface area (Å²) in [6.07, 6.45) is 1.90. The summed E-state index contributed by atoms with van der Waals surface area (Å²) in [5.41, 5.74) is 7.62. The van der Waals surface area contributed by atoms with E-state index in [1.165, 1.54) is 11.8 Å². The third kappa shape index (κ3) is 2.65. The number of benzene rings is 1. The number of rotatable bonds is 4. The van der Waals surface area contributed by atoms with E-state index in [0.29, 0.717) is 28.1 Å². The predicted molar refractivity (Wildman–Crippen MR) is 88.5 cm³/mol. The Labute approximate surface area is 137 Å². The van der Waals surface area contributed by atoms with E-state index in [0.717, 1.165) is 5.56 Å². The Kier molecular flexibility index (Phi) is 3.99. The number of nitrogens with one attached hydrogen (secondary N) is 1. The fourth-order valence-electron chi connectivity index (χ4n) is 2.66. The lowest BCUT2D eigenvalue weighted by Gasteiger charge is -2.27. The van der Waals surface area contributed by atoms with Gasteiger partial charge in [-0.3, -0.25) is 4.79 Å². The Morgan fingerprint density at radius 1 is 1.48 bits per heavy atom. The van der Waals surface area contributed by atoms with Crippen molar-refractivity contribution in [1.82, 2.24) is 14.8 Å². The zero-order valence-electron chi connectivity index (χ0n) is 13.0. The Hall–Kier alpha value is -2.48. The SMILES string of the molecule is COc1cccc(C2C(C(N)=O)=C(C)Nc3nc(SC)nn32)c1. The molecule has 8 heteroatoms. The topological polar surface area (TPSA) is 95.1 Å². The van der Waals surface area contributed by atoms with Crippen LogP contribution in [0.1, 0.15) is 18.5 Å². The molecule has 3 rings (SSSR count). The second-order valence-corrected chi connectivity index (χ2v) is 5.85. The maximum Gasteiger partial charge on any atom is 0.248 e. The van der Waals surface area contributed by atoms with Crippen molar-refractivity contribution in [3.8, 4) is 5.75 Å². The second-order valence-electron chi connectivity index (χ2n) is 5.07. The number of primary amides is 1. The summed E-state index contributed by atoms with van der Waals surface area (Å²) in [7, 11) is 1.60. The molecule has 2 aromatic rings. The van der Waals surface area contributed by atoms with Gasteiger partial charge in [-0.15, -0.1) is 5.10 Å². The molecule has 1 atom stereocenters. The molecular formula is C15H17N5O2S. The van der Waals surface area contributed by atoms with Gasteiger partial charge >= 0.3 is 0 Å². The van der Waals surface area contributed by atoms with E-state index in [1.807, 2.05) is 37.4 Å². The maximum atomic E-state index is 12.0. The zero-order chi connectivity index (χ0) is 16.6. The van der Waals surface area contributed by atoms with Gasteiger partial charge < -0.3 is 15.8 Å². The van der Waals surface area contributed by atoms with Gasteiger partial charge in [0.05, 0.1) is 12.7 Å². The van der Waals surface area contributed by atoms with Gasteiger partial charge in [-0.2, -0.15) is 4.98 Å². The van der Waals surface area contributed by atoms with Crippen LogP contribution in [0.25, 0.3) is 0 Å². The number of fused-ring (bicyclic) bond motifs is 1. The third-order valence-corrected chi connectivity index (χ3v) is 4.23. The fraction of sp³-hybridized carbons (Fsp3) is 0.267. The smallest absolute Gasteiger partial charge is 0.248 e. The van der Waals surface area contributed by atoms with Gasteiger partial charge in [0.1, 0.15) is 11.8 Å². The van der Waals surface area contributed by atoms with Crippen molar-refractivity contribution in [2.45, 2.75) is 18.1 Å². The highest BCUT2D eigenvalue weighted by atomic mass is 32.2. The quantitative estimate of drug-likeness (QED) is 0.829. The first-order valence-electron chi connectivity index (χ1n) is 6.97. The minimum atomic E-state index is -0.491. The summed E-state index contributed by atoms with van der Waals surface area (Å²) < 4.78 is 6.97. The monoisotopic (exact) mass is 331 g/mol. The van der Waals surface area contributed by atoms with Crippen molar-refractivity contribution < 1.29 is 9.53 Å². The second kappa shape index (κ2) is 5.96. The number of carbonyl (C=O) groups is 1. The first-order valence-corrected chi connectivity index (χ1v) is 8.19. The number of carbonyl (C=O) groups excluding carboxylic acids is 1. The number of allylic oxidation sites excluding steroid dienone is 1. The van der Waals surface area contributed by atoms with Crippen molar-refractivity contribution in [2.24, 2.45) is 5.73 Å². The average Bonchev–Trinajstić information content (AvgIpc) is 2.95. The summed E-state index contributed by atoms with van der Waals surface area (Å²) in [5.74, 6) is 0.800. The number of anilines is 1. The molecule has 2 heterocycles. The molecule has 1 aromatic carbocycles. The summed E-state index contributed by atoms with van der Waals surface area (Å²) in [4.78, 5) is 16.4. The van der Waals surface area contributed by atoms with Crippen molar-refractivity contribution in [2.75, 3.05) is 18.7 Å². The summed E-state index contributed by atoms with van der Waals surface area (Å²) in [5, 5.41) is 8.19. The third-order valence-electron chi connectivity index (χ3n) is 3.69. The van der Waals surface area contributed by atoms with Crippen LogP contribution in [0.4, 0.5) is 5.95 Å². The molecule has 0 spiro atoms. The van der Waals surface area contributed by atoms with Crippen LogP contribution in [0.15, 0.2) is 40.7 Å². The fourth-order valence-corrected chi connectivity index (χ4v) is 3.00. The van der Waals surface area contributed by atoms with Crippen LogP contribution >= 0.6 is 11.8 Å². The molecule has 23 heavy (non-hydrogen) atoms. The van der Waals surface area contributed by atoms with Gasteiger partial charge in [-0.1, -0.05) is 23.9 Å². The van der Waals surface area contributed by atoms with E-state index in [1.54, 1.807) is 11.8 Å².